The van der Waals surface area contributed by atoms with Crippen molar-refractivity contribution in [3.8, 4) is 11.8 Å². The molecular formula is C10H14BNO5. The quantitative estimate of drug-likeness (QED) is 0.515. The molecule has 0 amide bonds. The van der Waals surface area contributed by atoms with E-state index in [2.05, 4.69) is 4.65 Å². The van der Waals surface area contributed by atoms with Crippen LogP contribution in [0, 0.1) is 11.3 Å². The maximum Gasteiger partial charge on any atom is 0.707 e. The highest BCUT2D eigenvalue weighted by Gasteiger charge is 2.10. The summed E-state index contributed by atoms with van der Waals surface area (Å²) in [7, 11) is -1.85. The van der Waals surface area contributed by atoms with Crippen molar-refractivity contribution in [3.63, 3.8) is 0 Å². The third-order valence-electron chi connectivity index (χ3n) is 1.52. The van der Waals surface area contributed by atoms with Crippen LogP contribution in [0.1, 0.15) is 12.0 Å². The summed E-state index contributed by atoms with van der Waals surface area (Å²) < 4.78 is 4.52. The fraction of sp³-hybridized carbons (Fsp3) is 0.300. The van der Waals surface area contributed by atoms with Crippen molar-refractivity contribution < 1.29 is 24.9 Å². The van der Waals surface area contributed by atoms with E-state index in [1.807, 2.05) is 6.07 Å². The minimum absolute atomic E-state index is 0.0938. The Morgan fingerprint density at radius 1 is 1.24 bits per heavy atom. The normalized spacial score (nSPS) is 8.65. The van der Waals surface area contributed by atoms with Gasteiger partial charge in [-0.3, -0.25) is 0 Å². The van der Waals surface area contributed by atoms with Gasteiger partial charge in [-0.15, -0.1) is 0 Å². The van der Waals surface area contributed by atoms with Crippen LogP contribution in [-0.4, -0.2) is 40.8 Å². The Morgan fingerprint density at radius 3 is 2.29 bits per heavy atom. The summed E-state index contributed by atoms with van der Waals surface area (Å²) in [6.07, 6.45) is 0.500. The van der Waals surface area contributed by atoms with E-state index in [4.69, 9.17) is 25.5 Å². The second-order valence-corrected chi connectivity index (χ2v) is 2.88. The van der Waals surface area contributed by atoms with Crippen LogP contribution in [0.4, 0.5) is 0 Å². The predicted octanol–water partition coefficient (Wildman–Crippen LogP) is -0.732. The zero-order valence-electron chi connectivity index (χ0n) is 9.15. The van der Waals surface area contributed by atoms with E-state index in [0.717, 1.165) is 0 Å². The van der Waals surface area contributed by atoms with E-state index in [9.17, 15) is 0 Å². The highest BCUT2D eigenvalue weighted by atomic mass is 16.6. The number of aliphatic hydroxyl groups excluding tert-OH is 2. The van der Waals surface area contributed by atoms with Crippen molar-refractivity contribution in [3.05, 3.63) is 29.8 Å². The molecule has 0 saturated carbocycles. The second-order valence-electron chi connectivity index (χ2n) is 2.88. The summed E-state index contributed by atoms with van der Waals surface area (Å²) in [6, 6.07) is 8.03. The highest BCUT2D eigenvalue weighted by Crippen LogP contribution is 2.12. The van der Waals surface area contributed by atoms with Crippen LogP contribution >= 0.6 is 0 Å². The molecule has 0 fully saturated rings. The maximum absolute atomic E-state index is 8.47. The SMILES string of the molecule is N#Cc1cccc(OB(O)O)c1.OCCCO. The van der Waals surface area contributed by atoms with Crippen LogP contribution in [-0.2, 0) is 0 Å². The molecular weight excluding hydrogens is 225 g/mol. The Morgan fingerprint density at radius 2 is 1.88 bits per heavy atom. The molecule has 6 nitrogen and oxygen atoms in total. The number of benzene rings is 1. The predicted molar refractivity (Wildman–Crippen MR) is 60.8 cm³/mol. The zero-order valence-corrected chi connectivity index (χ0v) is 9.15. The van der Waals surface area contributed by atoms with Gasteiger partial charge in [-0.25, -0.2) is 0 Å². The molecule has 1 aromatic carbocycles. The molecule has 0 aliphatic heterocycles. The van der Waals surface area contributed by atoms with Crippen molar-refractivity contribution >= 4 is 7.32 Å². The van der Waals surface area contributed by atoms with Gasteiger partial charge in [0.1, 0.15) is 5.75 Å². The molecule has 1 rings (SSSR count). The van der Waals surface area contributed by atoms with Crippen LogP contribution in [0.25, 0.3) is 0 Å². The molecule has 1 aromatic rings. The van der Waals surface area contributed by atoms with Gasteiger partial charge in [0.15, 0.2) is 0 Å². The molecule has 7 heteroatoms. The van der Waals surface area contributed by atoms with Gasteiger partial charge in [-0.05, 0) is 24.6 Å². The highest BCUT2D eigenvalue weighted by molar-refractivity contribution is 6.33. The molecule has 4 N–H and O–H groups in total. The monoisotopic (exact) mass is 239 g/mol. The average Bonchev–Trinajstić information content (AvgIpc) is 2.30. The third kappa shape index (κ3) is 8.25. The van der Waals surface area contributed by atoms with E-state index in [1.165, 1.54) is 12.1 Å². The van der Waals surface area contributed by atoms with Crippen LogP contribution in [0.15, 0.2) is 24.3 Å². The van der Waals surface area contributed by atoms with Gasteiger partial charge >= 0.3 is 7.32 Å². The molecule has 0 spiro atoms. The van der Waals surface area contributed by atoms with Crippen molar-refractivity contribution in [1.82, 2.24) is 0 Å². The lowest BCUT2D eigenvalue weighted by Gasteiger charge is -2.03. The number of nitrogens with zero attached hydrogens (tertiary/aromatic N) is 1. The Balaban J connectivity index is 0.000000437. The van der Waals surface area contributed by atoms with Crippen LogP contribution < -0.4 is 4.65 Å². The molecule has 17 heavy (non-hydrogen) atoms. The van der Waals surface area contributed by atoms with Gasteiger partial charge in [0.25, 0.3) is 0 Å². The first-order valence-corrected chi connectivity index (χ1v) is 4.88. The summed E-state index contributed by atoms with van der Waals surface area (Å²) >= 11 is 0. The van der Waals surface area contributed by atoms with Crippen LogP contribution in [0.3, 0.4) is 0 Å². The van der Waals surface area contributed by atoms with Crippen molar-refractivity contribution in [2.24, 2.45) is 0 Å². The summed E-state index contributed by atoms with van der Waals surface area (Å²) in [6.45, 7) is 0.188. The average molecular weight is 239 g/mol. The topological polar surface area (TPSA) is 114 Å². The van der Waals surface area contributed by atoms with Gasteiger partial charge in [-0.1, -0.05) is 6.07 Å². The first-order chi connectivity index (χ1) is 8.13. The molecule has 0 aromatic heterocycles. The minimum atomic E-state index is -1.85. The molecule has 0 radical (unpaired) electrons. The van der Waals surface area contributed by atoms with E-state index < -0.39 is 7.32 Å². The van der Waals surface area contributed by atoms with Crippen LogP contribution in [0.2, 0.25) is 0 Å². The summed E-state index contributed by atoms with van der Waals surface area (Å²) in [4.78, 5) is 0. The summed E-state index contributed by atoms with van der Waals surface area (Å²) in [5.41, 5.74) is 0.410. The molecule has 0 aliphatic carbocycles. The lowest BCUT2D eigenvalue weighted by atomic mass is 10.2. The molecule has 92 valence electrons. The third-order valence-corrected chi connectivity index (χ3v) is 1.52. The molecule has 0 bridgehead atoms. The first kappa shape index (κ1) is 15.4. The summed E-state index contributed by atoms with van der Waals surface area (Å²) in [5, 5.41) is 41.1. The lowest BCUT2D eigenvalue weighted by molar-refractivity contribution is 0.221. The molecule has 0 atom stereocenters. The number of nitriles is 1. The lowest BCUT2D eigenvalue weighted by Crippen LogP contribution is -2.20. The van der Waals surface area contributed by atoms with Crippen molar-refractivity contribution in [1.29, 1.82) is 5.26 Å². The maximum atomic E-state index is 8.47. The standard InChI is InChI=1S/C7H6BNO3.C3H8O2/c9-5-6-2-1-3-7(4-6)12-8(10)11;4-2-1-3-5/h1-4,10-11H;4-5H,1-3H2. The molecule has 0 saturated heterocycles. The zero-order chi connectivity index (χ0) is 13.1. The fourth-order valence-corrected chi connectivity index (χ4v) is 0.831. The Hall–Kier alpha value is -1.59. The van der Waals surface area contributed by atoms with E-state index in [0.29, 0.717) is 12.0 Å². The van der Waals surface area contributed by atoms with Gasteiger partial charge in [0.2, 0.25) is 0 Å². The van der Waals surface area contributed by atoms with Gasteiger partial charge in [-0.2, -0.15) is 5.26 Å². The summed E-state index contributed by atoms with van der Waals surface area (Å²) in [5.74, 6) is 0.254. The number of rotatable bonds is 4. The van der Waals surface area contributed by atoms with Gasteiger partial charge in [0.05, 0.1) is 11.6 Å². The second kappa shape index (κ2) is 9.63. The number of hydrogen-bond acceptors (Lipinski definition) is 6. The fourth-order valence-electron chi connectivity index (χ4n) is 0.831. The molecule has 0 aliphatic rings. The number of hydrogen-bond donors (Lipinski definition) is 4. The van der Waals surface area contributed by atoms with Crippen LogP contribution in [0.5, 0.6) is 5.75 Å². The smallest absolute Gasteiger partial charge is 0.512 e. The van der Waals surface area contributed by atoms with E-state index in [1.54, 1.807) is 12.1 Å². The molecule has 0 heterocycles. The van der Waals surface area contributed by atoms with Gasteiger partial charge < -0.3 is 24.9 Å². The first-order valence-electron chi connectivity index (χ1n) is 4.88. The molecule has 0 unspecified atom stereocenters. The van der Waals surface area contributed by atoms with Crippen molar-refractivity contribution in [2.75, 3.05) is 13.2 Å². The van der Waals surface area contributed by atoms with E-state index >= 15 is 0 Å². The minimum Gasteiger partial charge on any atom is -0.512 e. The van der Waals surface area contributed by atoms with Gasteiger partial charge in [0, 0.05) is 13.2 Å². The Labute approximate surface area is 99.5 Å². The Bertz CT molecular complexity index is 351. The number of aliphatic hydroxyl groups is 2. The Kier molecular flexibility index (Phi) is 8.73. The van der Waals surface area contributed by atoms with E-state index in [-0.39, 0.29) is 19.0 Å². The van der Waals surface area contributed by atoms with Crippen molar-refractivity contribution in [2.45, 2.75) is 6.42 Å². The largest absolute Gasteiger partial charge is 0.707 e.